The summed E-state index contributed by atoms with van der Waals surface area (Å²) in [5, 5.41) is 4.09. The summed E-state index contributed by atoms with van der Waals surface area (Å²) in [7, 11) is 0. The van der Waals surface area contributed by atoms with Gasteiger partial charge < -0.3 is 16.0 Å². The van der Waals surface area contributed by atoms with Gasteiger partial charge in [0.15, 0.2) is 0 Å². The Morgan fingerprint density at radius 2 is 1.71 bits per heavy atom. The number of aryl methyl sites for hydroxylation is 1. The van der Waals surface area contributed by atoms with Gasteiger partial charge in [-0.2, -0.15) is 0 Å². The number of halogens is 1. The van der Waals surface area contributed by atoms with Crippen LogP contribution in [0.3, 0.4) is 0 Å². The topological polar surface area (TPSA) is 70.7 Å². The summed E-state index contributed by atoms with van der Waals surface area (Å²) >= 11 is 6.04. The molecule has 1 amide bonds. The van der Waals surface area contributed by atoms with Crippen molar-refractivity contribution in [3.05, 3.63) is 95.0 Å². The molecule has 1 atom stereocenters. The number of aliphatic imine (C=N–C) groups is 1. The molecule has 6 heteroatoms. The van der Waals surface area contributed by atoms with Gasteiger partial charge in [0.2, 0.25) is 11.9 Å². The molecule has 0 aliphatic carbocycles. The second-order valence-electron chi connectivity index (χ2n) is 7.59. The lowest BCUT2D eigenvalue weighted by atomic mass is 9.97. The van der Waals surface area contributed by atoms with Crippen molar-refractivity contribution < 1.29 is 4.79 Å². The average molecular weight is 433 g/mol. The van der Waals surface area contributed by atoms with Gasteiger partial charge in [-0.3, -0.25) is 4.79 Å². The van der Waals surface area contributed by atoms with E-state index in [0.717, 1.165) is 36.3 Å². The molecule has 0 spiro atoms. The fourth-order valence-electron chi connectivity index (χ4n) is 3.90. The van der Waals surface area contributed by atoms with Crippen molar-refractivity contribution in [1.82, 2.24) is 4.90 Å². The van der Waals surface area contributed by atoms with Crippen LogP contribution in [0, 0.1) is 0 Å². The molecule has 1 aliphatic heterocycles. The van der Waals surface area contributed by atoms with Crippen LogP contribution >= 0.6 is 11.6 Å². The number of anilines is 1. The first-order valence-corrected chi connectivity index (χ1v) is 10.8. The Morgan fingerprint density at radius 1 is 1.00 bits per heavy atom. The summed E-state index contributed by atoms with van der Waals surface area (Å²) in [6.07, 6.45) is 2.09. The summed E-state index contributed by atoms with van der Waals surface area (Å²) in [6.45, 7) is 0.737. The summed E-state index contributed by atoms with van der Waals surface area (Å²) in [6, 6.07) is 25.6. The number of rotatable bonds is 7. The van der Waals surface area contributed by atoms with Crippen LogP contribution < -0.4 is 11.1 Å². The van der Waals surface area contributed by atoms with Crippen molar-refractivity contribution in [3.63, 3.8) is 0 Å². The second kappa shape index (κ2) is 9.67. The molecule has 0 saturated heterocycles. The zero-order valence-electron chi connectivity index (χ0n) is 17.2. The van der Waals surface area contributed by atoms with E-state index in [2.05, 4.69) is 34.5 Å². The molecular weight excluding hydrogens is 408 g/mol. The molecule has 0 saturated carbocycles. The molecule has 5 nitrogen and oxygen atoms in total. The molecule has 31 heavy (non-hydrogen) atoms. The fraction of sp³-hybridized carbons (Fsp3) is 0.200. The molecule has 4 rings (SSSR count). The Labute approximate surface area is 187 Å². The van der Waals surface area contributed by atoms with Gasteiger partial charge in [0, 0.05) is 22.8 Å². The van der Waals surface area contributed by atoms with E-state index in [0.29, 0.717) is 11.0 Å². The third kappa shape index (κ3) is 5.25. The number of primary amides is 1. The summed E-state index contributed by atoms with van der Waals surface area (Å²) in [5.74, 6) is 0.376. The van der Waals surface area contributed by atoms with Crippen LogP contribution in [0.2, 0.25) is 5.02 Å². The Morgan fingerprint density at radius 3 is 2.45 bits per heavy atom. The van der Waals surface area contributed by atoms with E-state index in [1.807, 2.05) is 54.6 Å². The summed E-state index contributed by atoms with van der Waals surface area (Å²) in [5.41, 5.74) is 9.67. The number of hydrogen-bond donors (Lipinski definition) is 2. The lowest BCUT2D eigenvalue weighted by molar-refractivity contribution is -0.119. The van der Waals surface area contributed by atoms with Gasteiger partial charge in [0.05, 0.1) is 18.2 Å². The number of fused-ring (bicyclic) bond motifs is 1. The second-order valence-corrected chi connectivity index (χ2v) is 8.03. The number of nitrogens with one attached hydrogen (secondary N) is 1. The Kier molecular flexibility index (Phi) is 6.53. The normalized spacial score (nSPS) is 15.2. The van der Waals surface area contributed by atoms with Crippen LogP contribution in [0.5, 0.6) is 0 Å². The number of amides is 1. The molecule has 3 N–H and O–H groups in total. The van der Waals surface area contributed by atoms with Crippen molar-refractivity contribution in [3.8, 4) is 0 Å². The third-order valence-corrected chi connectivity index (χ3v) is 5.62. The highest BCUT2D eigenvalue weighted by atomic mass is 35.5. The zero-order valence-corrected chi connectivity index (χ0v) is 17.9. The highest BCUT2D eigenvalue weighted by molar-refractivity contribution is 6.30. The van der Waals surface area contributed by atoms with E-state index in [-0.39, 0.29) is 18.4 Å². The predicted octanol–water partition coefficient (Wildman–Crippen LogP) is 5.30. The van der Waals surface area contributed by atoms with Crippen LogP contribution in [0.15, 0.2) is 83.9 Å². The number of benzene rings is 3. The van der Waals surface area contributed by atoms with Crippen molar-refractivity contribution in [1.29, 1.82) is 0 Å². The van der Waals surface area contributed by atoms with E-state index in [4.69, 9.17) is 22.3 Å². The quantitative estimate of drug-likeness (QED) is 0.531. The van der Waals surface area contributed by atoms with E-state index < -0.39 is 0 Å². The molecule has 1 aliphatic rings. The molecule has 1 unspecified atom stereocenters. The number of nitrogens with zero attached hydrogens (tertiary/aromatic N) is 2. The molecule has 0 radical (unpaired) electrons. The van der Waals surface area contributed by atoms with Gasteiger partial charge in [-0.15, -0.1) is 0 Å². The van der Waals surface area contributed by atoms with Gasteiger partial charge >= 0.3 is 0 Å². The number of guanidine groups is 1. The van der Waals surface area contributed by atoms with Crippen LogP contribution in [-0.4, -0.2) is 23.3 Å². The smallest absolute Gasteiger partial charge is 0.219 e. The Bertz CT molecular complexity index is 1070. The predicted molar refractivity (Wildman–Crippen MR) is 127 cm³/mol. The fourth-order valence-corrected chi connectivity index (χ4v) is 4.02. The van der Waals surface area contributed by atoms with Crippen molar-refractivity contribution in [2.75, 3.05) is 11.9 Å². The lowest BCUT2D eigenvalue weighted by Gasteiger charge is -2.38. The molecule has 0 fully saturated rings. The molecule has 0 aromatic heterocycles. The average Bonchev–Trinajstić information content (AvgIpc) is 2.77. The van der Waals surface area contributed by atoms with Crippen molar-refractivity contribution in [2.45, 2.75) is 25.3 Å². The maximum absolute atomic E-state index is 11.9. The minimum Gasteiger partial charge on any atom is -0.370 e. The molecule has 1 heterocycles. The van der Waals surface area contributed by atoms with Crippen molar-refractivity contribution in [2.24, 2.45) is 10.7 Å². The standard InChI is InChI=1S/C25H25ClN4O/c26-19-12-14-20(15-13-19)28-25-29-22-11-5-4-10-21(22)23(17-24(27)31)30(25)16-6-9-18-7-2-1-3-8-18/h1-5,7-8,10-15,23H,6,9,16-17H2,(H2,27,31)(H,28,29). The number of nitrogens with two attached hydrogens (primary N) is 1. The van der Waals surface area contributed by atoms with Crippen LogP contribution in [0.25, 0.3) is 0 Å². The minimum absolute atomic E-state index is 0.170. The SMILES string of the molecule is NC(=O)CC1c2ccccc2N=C(Nc2ccc(Cl)cc2)N1CCCc1ccccc1. The van der Waals surface area contributed by atoms with E-state index in [9.17, 15) is 4.79 Å². The van der Waals surface area contributed by atoms with Crippen LogP contribution in [-0.2, 0) is 11.2 Å². The number of hydrogen-bond acceptors (Lipinski definition) is 4. The Balaban J connectivity index is 1.63. The maximum atomic E-state index is 11.9. The number of carbonyl (C=O) groups is 1. The third-order valence-electron chi connectivity index (χ3n) is 5.37. The number of para-hydroxylation sites is 1. The van der Waals surface area contributed by atoms with E-state index in [1.165, 1.54) is 5.56 Å². The highest BCUT2D eigenvalue weighted by Crippen LogP contribution is 2.37. The van der Waals surface area contributed by atoms with Gasteiger partial charge in [0.1, 0.15) is 0 Å². The highest BCUT2D eigenvalue weighted by Gasteiger charge is 2.31. The Hall–Kier alpha value is -3.31. The van der Waals surface area contributed by atoms with Crippen LogP contribution in [0.4, 0.5) is 11.4 Å². The first kappa shape index (κ1) is 20.9. The lowest BCUT2D eigenvalue weighted by Crippen LogP contribution is -2.43. The minimum atomic E-state index is -0.333. The molecule has 158 valence electrons. The summed E-state index contributed by atoms with van der Waals surface area (Å²) < 4.78 is 0. The first-order valence-electron chi connectivity index (χ1n) is 10.4. The van der Waals surface area contributed by atoms with Gasteiger partial charge in [-0.05, 0) is 48.7 Å². The first-order chi connectivity index (χ1) is 15.1. The van der Waals surface area contributed by atoms with E-state index in [1.54, 1.807) is 0 Å². The zero-order chi connectivity index (χ0) is 21.6. The van der Waals surface area contributed by atoms with Crippen LogP contribution in [0.1, 0.15) is 30.0 Å². The summed E-state index contributed by atoms with van der Waals surface area (Å²) in [4.78, 5) is 19.0. The molecular formula is C25H25ClN4O. The number of carbonyl (C=O) groups excluding carboxylic acids is 1. The molecule has 3 aromatic rings. The van der Waals surface area contributed by atoms with Gasteiger partial charge in [-0.25, -0.2) is 4.99 Å². The largest absolute Gasteiger partial charge is 0.370 e. The van der Waals surface area contributed by atoms with Crippen molar-refractivity contribution >= 4 is 34.8 Å². The molecule has 3 aromatic carbocycles. The monoisotopic (exact) mass is 432 g/mol. The molecule has 0 bridgehead atoms. The maximum Gasteiger partial charge on any atom is 0.219 e. The van der Waals surface area contributed by atoms with Gasteiger partial charge in [-0.1, -0.05) is 60.1 Å². The van der Waals surface area contributed by atoms with Gasteiger partial charge in [0.25, 0.3) is 0 Å². The van der Waals surface area contributed by atoms with E-state index >= 15 is 0 Å².